The molecule has 1 saturated heterocycles. The van der Waals surface area contributed by atoms with Crippen molar-refractivity contribution in [1.82, 2.24) is 5.32 Å². The SMILES string of the molecule is CCC(=O)OC(CC)C1COCCN1. The lowest BCUT2D eigenvalue weighted by Crippen LogP contribution is -2.49. The smallest absolute Gasteiger partial charge is 0.305 e. The highest BCUT2D eigenvalue weighted by atomic mass is 16.5. The summed E-state index contributed by atoms with van der Waals surface area (Å²) in [6, 6.07) is 0.157. The Balaban J connectivity index is 2.39. The quantitative estimate of drug-likeness (QED) is 0.680. The van der Waals surface area contributed by atoms with Crippen LogP contribution in [0.5, 0.6) is 0 Å². The van der Waals surface area contributed by atoms with Gasteiger partial charge in [-0.2, -0.15) is 0 Å². The number of nitrogens with one attached hydrogen (secondary N) is 1. The van der Waals surface area contributed by atoms with Crippen LogP contribution < -0.4 is 5.32 Å². The lowest BCUT2D eigenvalue weighted by molar-refractivity contribution is -0.152. The van der Waals surface area contributed by atoms with Crippen molar-refractivity contribution >= 4 is 5.97 Å². The molecule has 0 aromatic rings. The third-order valence-electron chi connectivity index (χ3n) is 2.37. The molecule has 0 aromatic heterocycles. The van der Waals surface area contributed by atoms with Gasteiger partial charge in [0.1, 0.15) is 6.10 Å². The molecule has 14 heavy (non-hydrogen) atoms. The number of carbonyl (C=O) groups excluding carboxylic acids is 1. The second-order valence-corrected chi connectivity index (χ2v) is 3.43. The molecular weight excluding hydrogens is 182 g/mol. The summed E-state index contributed by atoms with van der Waals surface area (Å²) in [7, 11) is 0. The van der Waals surface area contributed by atoms with E-state index in [0.717, 1.165) is 19.6 Å². The Morgan fingerprint density at radius 3 is 2.93 bits per heavy atom. The van der Waals surface area contributed by atoms with Crippen LogP contribution in [0.3, 0.4) is 0 Å². The maximum atomic E-state index is 11.1. The average molecular weight is 201 g/mol. The second-order valence-electron chi connectivity index (χ2n) is 3.43. The predicted molar refractivity (Wildman–Crippen MR) is 53.1 cm³/mol. The third kappa shape index (κ3) is 3.27. The lowest BCUT2D eigenvalue weighted by atomic mass is 10.1. The van der Waals surface area contributed by atoms with Gasteiger partial charge in [-0.05, 0) is 6.42 Å². The van der Waals surface area contributed by atoms with Gasteiger partial charge in [0.2, 0.25) is 0 Å². The molecule has 4 nitrogen and oxygen atoms in total. The van der Waals surface area contributed by atoms with Gasteiger partial charge in [0, 0.05) is 13.0 Å². The van der Waals surface area contributed by atoms with E-state index < -0.39 is 0 Å². The van der Waals surface area contributed by atoms with E-state index in [1.807, 2.05) is 6.92 Å². The number of carbonyl (C=O) groups is 1. The van der Waals surface area contributed by atoms with E-state index in [9.17, 15) is 4.79 Å². The summed E-state index contributed by atoms with van der Waals surface area (Å²) in [5.41, 5.74) is 0. The first kappa shape index (κ1) is 11.5. The number of esters is 1. The number of rotatable bonds is 4. The molecule has 2 unspecified atom stereocenters. The minimum absolute atomic E-state index is 0.0530. The van der Waals surface area contributed by atoms with E-state index in [1.165, 1.54) is 0 Å². The summed E-state index contributed by atoms with van der Waals surface area (Å²) < 4.78 is 10.6. The van der Waals surface area contributed by atoms with Crippen LogP contribution in [-0.2, 0) is 14.3 Å². The fourth-order valence-corrected chi connectivity index (χ4v) is 1.53. The lowest BCUT2D eigenvalue weighted by Gasteiger charge is -2.30. The van der Waals surface area contributed by atoms with Crippen molar-refractivity contribution in [3.63, 3.8) is 0 Å². The fourth-order valence-electron chi connectivity index (χ4n) is 1.53. The molecule has 0 saturated carbocycles. The Kier molecular flexibility index (Phi) is 4.90. The van der Waals surface area contributed by atoms with E-state index in [1.54, 1.807) is 6.92 Å². The Morgan fingerprint density at radius 1 is 1.64 bits per heavy atom. The van der Waals surface area contributed by atoms with Crippen molar-refractivity contribution in [2.75, 3.05) is 19.8 Å². The molecule has 0 spiro atoms. The summed E-state index contributed by atoms with van der Waals surface area (Å²) in [4.78, 5) is 11.1. The fraction of sp³-hybridized carbons (Fsp3) is 0.900. The Morgan fingerprint density at radius 2 is 2.43 bits per heavy atom. The van der Waals surface area contributed by atoms with Gasteiger partial charge in [-0.1, -0.05) is 13.8 Å². The molecule has 0 aromatic carbocycles. The van der Waals surface area contributed by atoms with Crippen molar-refractivity contribution in [1.29, 1.82) is 0 Å². The molecule has 1 fully saturated rings. The molecule has 2 atom stereocenters. The van der Waals surface area contributed by atoms with Crippen molar-refractivity contribution in [3.8, 4) is 0 Å². The summed E-state index contributed by atoms with van der Waals surface area (Å²) >= 11 is 0. The third-order valence-corrected chi connectivity index (χ3v) is 2.37. The minimum Gasteiger partial charge on any atom is -0.461 e. The monoisotopic (exact) mass is 201 g/mol. The molecule has 1 rings (SSSR count). The molecular formula is C10H19NO3. The van der Waals surface area contributed by atoms with Gasteiger partial charge >= 0.3 is 5.97 Å². The second kappa shape index (κ2) is 5.98. The largest absolute Gasteiger partial charge is 0.461 e. The normalized spacial score (nSPS) is 24.3. The molecule has 4 heteroatoms. The van der Waals surface area contributed by atoms with Gasteiger partial charge in [-0.25, -0.2) is 0 Å². The zero-order valence-corrected chi connectivity index (χ0v) is 8.91. The van der Waals surface area contributed by atoms with Crippen LogP contribution in [0, 0.1) is 0 Å². The molecule has 0 radical (unpaired) electrons. The van der Waals surface area contributed by atoms with Crippen LogP contribution in [0.25, 0.3) is 0 Å². The van der Waals surface area contributed by atoms with Gasteiger partial charge in [0.05, 0.1) is 19.3 Å². The maximum Gasteiger partial charge on any atom is 0.305 e. The molecule has 1 heterocycles. The van der Waals surface area contributed by atoms with E-state index in [0.29, 0.717) is 13.0 Å². The van der Waals surface area contributed by atoms with Gasteiger partial charge < -0.3 is 14.8 Å². The molecule has 1 aliphatic rings. The summed E-state index contributed by atoms with van der Waals surface area (Å²) in [5.74, 6) is -0.135. The highest BCUT2D eigenvalue weighted by molar-refractivity contribution is 5.69. The molecule has 1 aliphatic heterocycles. The molecule has 0 aliphatic carbocycles. The van der Waals surface area contributed by atoms with Crippen LogP contribution in [0.1, 0.15) is 26.7 Å². The number of ether oxygens (including phenoxy) is 2. The topological polar surface area (TPSA) is 47.6 Å². The van der Waals surface area contributed by atoms with Crippen LogP contribution in [0.2, 0.25) is 0 Å². The maximum absolute atomic E-state index is 11.1. The first-order valence-electron chi connectivity index (χ1n) is 5.28. The van der Waals surface area contributed by atoms with Crippen LogP contribution >= 0.6 is 0 Å². The molecule has 0 amide bonds. The summed E-state index contributed by atoms with van der Waals surface area (Å²) in [5, 5.41) is 3.30. The minimum atomic E-state index is -0.135. The average Bonchev–Trinajstić information content (AvgIpc) is 2.26. The predicted octanol–water partition coefficient (Wildman–Crippen LogP) is 0.707. The highest BCUT2D eigenvalue weighted by Gasteiger charge is 2.25. The first-order chi connectivity index (χ1) is 6.77. The molecule has 82 valence electrons. The van der Waals surface area contributed by atoms with E-state index in [-0.39, 0.29) is 18.1 Å². The van der Waals surface area contributed by atoms with Crippen molar-refractivity contribution in [3.05, 3.63) is 0 Å². The van der Waals surface area contributed by atoms with Gasteiger partial charge in [0.15, 0.2) is 0 Å². The van der Waals surface area contributed by atoms with Crippen molar-refractivity contribution < 1.29 is 14.3 Å². The zero-order valence-electron chi connectivity index (χ0n) is 8.91. The standard InChI is InChI=1S/C10H19NO3/c1-3-9(14-10(12)4-2)8-7-13-6-5-11-8/h8-9,11H,3-7H2,1-2H3. The zero-order chi connectivity index (χ0) is 10.4. The number of hydrogen-bond donors (Lipinski definition) is 1. The Labute approximate surface area is 85.0 Å². The van der Waals surface area contributed by atoms with Gasteiger partial charge in [0.25, 0.3) is 0 Å². The Bertz CT molecular complexity index is 178. The van der Waals surface area contributed by atoms with Gasteiger partial charge in [-0.15, -0.1) is 0 Å². The van der Waals surface area contributed by atoms with Crippen molar-refractivity contribution in [2.24, 2.45) is 0 Å². The molecule has 1 N–H and O–H groups in total. The van der Waals surface area contributed by atoms with Crippen LogP contribution in [-0.4, -0.2) is 37.9 Å². The van der Waals surface area contributed by atoms with Crippen LogP contribution in [0.15, 0.2) is 0 Å². The van der Waals surface area contributed by atoms with E-state index in [2.05, 4.69) is 5.32 Å². The van der Waals surface area contributed by atoms with E-state index >= 15 is 0 Å². The van der Waals surface area contributed by atoms with Gasteiger partial charge in [-0.3, -0.25) is 4.79 Å². The van der Waals surface area contributed by atoms with Crippen molar-refractivity contribution in [2.45, 2.75) is 38.8 Å². The molecule has 0 bridgehead atoms. The highest BCUT2D eigenvalue weighted by Crippen LogP contribution is 2.08. The number of morpholine rings is 1. The summed E-state index contributed by atoms with van der Waals surface area (Å²) in [6.45, 7) is 6.04. The summed E-state index contributed by atoms with van der Waals surface area (Å²) in [6.07, 6.45) is 1.21. The Hall–Kier alpha value is -0.610. The van der Waals surface area contributed by atoms with E-state index in [4.69, 9.17) is 9.47 Å². The first-order valence-corrected chi connectivity index (χ1v) is 5.28. The number of hydrogen-bond acceptors (Lipinski definition) is 4. The van der Waals surface area contributed by atoms with Crippen LogP contribution in [0.4, 0.5) is 0 Å².